The van der Waals surface area contributed by atoms with Gasteiger partial charge in [-0.15, -0.1) is 0 Å². The number of rotatable bonds is 4. The molecule has 0 aliphatic rings. The Morgan fingerprint density at radius 2 is 2.14 bits per heavy atom. The second-order valence-corrected chi connectivity index (χ2v) is 5.55. The number of anilines is 1. The number of halogens is 4. The molecule has 0 saturated heterocycles. The van der Waals surface area contributed by atoms with Crippen molar-refractivity contribution in [2.75, 3.05) is 5.32 Å². The Balaban J connectivity index is 2.02. The highest BCUT2D eigenvalue weighted by Gasteiger charge is 2.38. The number of nitrogens with zero attached hydrogens (tertiary/aromatic N) is 3. The Hall–Kier alpha value is -1.84. The van der Waals surface area contributed by atoms with Gasteiger partial charge in [0.25, 0.3) is 0 Å². The minimum atomic E-state index is -4.63. The van der Waals surface area contributed by atoms with Crippen LogP contribution in [0.25, 0.3) is 0 Å². The van der Waals surface area contributed by atoms with Crippen molar-refractivity contribution in [3.8, 4) is 0 Å². The monoisotopic (exact) mass is 379 g/mol. The van der Waals surface area contributed by atoms with Crippen molar-refractivity contribution in [2.45, 2.75) is 33.0 Å². The second-order valence-electron chi connectivity index (χ2n) is 4.69. The van der Waals surface area contributed by atoms with Gasteiger partial charge in [0.15, 0.2) is 5.69 Å². The molecule has 2 heterocycles. The van der Waals surface area contributed by atoms with Crippen LogP contribution in [-0.2, 0) is 17.5 Å². The standard InChI is InChI=1S/C12H13BrF3N5O/c1-6-8(13)5-21(20-6)4-3-9(22)17-10-7(2)18-19-11(10)12(14,15)16/h5H,3-4H2,1-2H3,(H,17,22)(H,18,19). The number of carbonyl (C=O) groups excluding carboxylic acids is 1. The van der Waals surface area contributed by atoms with Gasteiger partial charge in [0, 0.05) is 19.2 Å². The van der Waals surface area contributed by atoms with Crippen LogP contribution in [-0.4, -0.2) is 25.9 Å². The van der Waals surface area contributed by atoms with Gasteiger partial charge in [-0.05, 0) is 29.8 Å². The van der Waals surface area contributed by atoms with Gasteiger partial charge in [0.2, 0.25) is 5.91 Å². The van der Waals surface area contributed by atoms with E-state index in [0.29, 0.717) is 0 Å². The number of alkyl halides is 3. The fraction of sp³-hybridized carbons (Fsp3) is 0.417. The lowest BCUT2D eigenvalue weighted by Crippen LogP contribution is -2.18. The third kappa shape index (κ3) is 3.67. The molecule has 2 aromatic rings. The summed E-state index contributed by atoms with van der Waals surface area (Å²) in [5, 5.41) is 11.8. The third-order valence-corrected chi connectivity index (χ3v) is 3.71. The first-order chi connectivity index (χ1) is 10.2. The SMILES string of the molecule is Cc1nn(CCC(=O)Nc2c(C(F)(F)F)n[nH]c2C)cc1Br. The van der Waals surface area contributed by atoms with Crippen LogP contribution in [0.1, 0.15) is 23.5 Å². The van der Waals surface area contributed by atoms with Gasteiger partial charge in [-0.2, -0.15) is 23.4 Å². The molecular weight excluding hydrogens is 367 g/mol. The van der Waals surface area contributed by atoms with E-state index in [9.17, 15) is 18.0 Å². The summed E-state index contributed by atoms with van der Waals surface area (Å²) in [6.07, 6.45) is -2.93. The van der Waals surface area contributed by atoms with Gasteiger partial charge in [-0.25, -0.2) is 0 Å². The fourth-order valence-electron chi connectivity index (χ4n) is 1.81. The van der Waals surface area contributed by atoms with Gasteiger partial charge >= 0.3 is 6.18 Å². The molecule has 0 unspecified atom stereocenters. The highest BCUT2D eigenvalue weighted by Crippen LogP contribution is 2.34. The van der Waals surface area contributed by atoms with Crippen LogP contribution in [0.5, 0.6) is 0 Å². The third-order valence-electron chi connectivity index (χ3n) is 2.93. The van der Waals surface area contributed by atoms with E-state index in [1.807, 2.05) is 0 Å². The second kappa shape index (κ2) is 6.11. The van der Waals surface area contributed by atoms with Crippen molar-refractivity contribution < 1.29 is 18.0 Å². The lowest BCUT2D eigenvalue weighted by Gasteiger charge is -2.09. The van der Waals surface area contributed by atoms with E-state index in [1.54, 1.807) is 17.8 Å². The van der Waals surface area contributed by atoms with Crippen molar-refractivity contribution in [2.24, 2.45) is 0 Å². The predicted molar refractivity (Wildman–Crippen MR) is 76.2 cm³/mol. The molecule has 0 aliphatic carbocycles. The van der Waals surface area contributed by atoms with Crippen molar-refractivity contribution >= 4 is 27.5 Å². The molecule has 2 N–H and O–H groups in total. The highest BCUT2D eigenvalue weighted by molar-refractivity contribution is 9.10. The van der Waals surface area contributed by atoms with Crippen LogP contribution in [0.3, 0.4) is 0 Å². The average Bonchev–Trinajstić information content (AvgIpc) is 2.91. The highest BCUT2D eigenvalue weighted by atomic mass is 79.9. The van der Waals surface area contributed by atoms with Gasteiger partial charge < -0.3 is 5.32 Å². The molecule has 0 spiro atoms. The molecule has 6 nitrogen and oxygen atoms in total. The summed E-state index contributed by atoms with van der Waals surface area (Å²) in [5.41, 5.74) is -0.546. The first kappa shape index (κ1) is 16.5. The minimum Gasteiger partial charge on any atom is -0.323 e. The molecule has 2 rings (SSSR count). The Bertz CT molecular complexity index is 672. The average molecular weight is 380 g/mol. The normalized spacial score (nSPS) is 11.7. The molecule has 0 saturated carbocycles. The number of hydrogen-bond donors (Lipinski definition) is 2. The molecule has 0 radical (unpaired) electrons. The molecule has 0 bridgehead atoms. The quantitative estimate of drug-likeness (QED) is 0.856. The van der Waals surface area contributed by atoms with Crippen LogP contribution >= 0.6 is 15.9 Å². The molecule has 0 aromatic carbocycles. The molecule has 22 heavy (non-hydrogen) atoms. The summed E-state index contributed by atoms with van der Waals surface area (Å²) in [6.45, 7) is 3.47. The van der Waals surface area contributed by atoms with E-state index in [0.717, 1.165) is 10.2 Å². The topological polar surface area (TPSA) is 75.6 Å². The Kier molecular flexibility index (Phi) is 4.59. The van der Waals surface area contributed by atoms with Crippen molar-refractivity contribution in [1.29, 1.82) is 0 Å². The number of carbonyl (C=O) groups is 1. The fourth-order valence-corrected chi connectivity index (χ4v) is 2.13. The maximum atomic E-state index is 12.8. The van der Waals surface area contributed by atoms with Crippen LogP contribution in [0.2, 0.25) is 0 Å². The molecule has 0 fully saturated rings. The molecule has 120 valence electrons. The van der Waals surface area contributed by atoms with E-state index >= 15 is 0 Å². The number of hydrogen-bond acceptors (Lipinski definition) is 3. The van der Waals surface area contributed by atoms with Gasteiger partial charge in [0.05, 0.1) is 21.5 Å². The molecule has 2 aromatic heterocycles. The first-order valence-corrected chi connectivity index (χ1v) is 7.09. The molecule has 1 amide bonds. The van der Waals surface area contributed by atoms with Gasteiger partial charge in [-0.1, -0.05) is 0 Å². The largest absolute Gasteiger partial charge is 0.437 e. The summed E-state index contributed by atoms with van der Waals surface area (Å²) in [5.74, 6) is -0.542. The molecule has 0 atom stereocenters. The number of aryl methyl sites for hydroxylation is 3. The number of nitrogens with one attached hydrogen (secondary N) is 2. The van der Waals surface area contributed by atoms with Gasteiger partial charge in [-0.3, -0.25) is 14.6 Å². The number of H-pyrrole nitrogens is 1. The number of aromatic amines is 1. The summed E-state index contributed by atoms with van der Waals surface area (Å²) in [4.78, 5) is 11.8. The lowest BCUT2D eigenvalue weighted by atomic mass is 10.2. The van der Waals surface area contributed by atoms with E-state index in [2.05, 4.69) is 36.5 Å². The van der Waals surface area contributed by atoms with Crippen LogP contribution in [0.15, 0.2) is 10.7 Å². The van der Waals surface area contributed by atoms with Crippen molar-refractivity contribution in [1.82, 2.24) is 20.0 Å². The zero-order chi connectivity index (χ0) is 16.5. The van der Waals surface area contributed by atoms with E-state index in [4.69, 9.17) is 0 Å². The minimum absolute atomic E-state index is 0.00449. The Morgan fingerprint density at radius 1 is 1.45 bits per heavy atom. The van der Waals surface area contributed by atoms with E-state index < -0.39 is 17.8 Å². The summed E-state index contributed by atoms with van der Waals surface area (Å²) in [6, 6.07) is 0. The summed E-state index contributed by atoms with van der Waals surface area (Å²) < 4.78 is 40.6. The smallest absolute Gasteiger partial charge is 0.323 e. The zero-order valence-electron chi connectivity index (χ0n) is 11.8. The van der Waals surface area contributed by atoms with Crippen LogP contribution < -0.4 is 5.32 Å². The number of amides is 1. The maximum Gasteiger partial charge on any atom is 0.437 e. The molecule has 0 aliphatic heterocycles. The molecular formula is C12H13BrF3N5O. The van der Waals surface area contributed by atoms with Crippen LogP contribution in [0, 0.1) is 13.8 Å². The first-order valence-electron chi connectivity index (χ1n) is 6.30. The molecule has 10 heteroatoms. The van der Waals surface area contributed by atoms with E-state index in [1.165, 1.54) is 6.92 Å². The number of aromatic nitrogens is 4. The van der Waals surface area contributed by atoms with Crippen LogP contribution in [0.4, 0.5) is 18.9 Å². The predicted octanol–water partition coefficient (Wildman–Crippen LogP) is 3.03. The summed E-state index contributed by atoms with van der Waals surface area (Å²) in [7, 11) is 0. The lowest BCUT2D eigenvalue weighted by molar-refractivity contribution is -0.140. The van der Waals surface area contributed by atoms with Gasteiger partial charge in [0.1, 0.15) is 0 Å². The summed E-state index contributed by atoms with van der Waals surface area (Å²) >= 11 is 3.29. The Labute approximate surface area is 132 Å². The van der Waals surface area contributed by atoms with E-state index in [-0.39, 0.29) is 24.3 Å². The maximum absolute atomic E-state index is 12.8. The zero-order valence-corrected chi connectivity index (χ0v) is 13.3. The van der Waals surface area contributed by atoms with Crippen molar-refractivity contribution in [3.63, 3.8) is 0 Å². The van der Waals surface area contributed by atoms with Crippen molar-refractivity contribution in [3.05, 3.63) is 27.8 Å². The Morgan fingerprint density at radius 3 is 2.68 bits per heavy atom.